The molecule has 1 fully saturated rings. The number of aliphatic hydroxyl groups excluding tert-OH is 1. The summed E-state index contributed by atoms with van der Waals surface area (Å²) >= 11 is 3.40. The van der Waals surface area contributed by atoms with Gasteiger partial charge in [0.05, 0.1) is 12.6 Å². The summed E-state index contributed by atoms with van der Waals surface area (Å²) in [6.07, 6.45) is 4.89. The van der Waals surface area contributed by atoms with E-state index in [9.17, 15) is 5.11 Å². The second-order valence-electron chi connectivity index (χ2n) is 4.85. The lowest BCUT2D eigenvalue weighted by Gasteiger charge is -2.34. The number of terminal acetylenes is 1. The third-order valence-electron chi connectivity index (χ3n) is 3.47. The maximum absolute atomic E-state index is 10.2. The lowest BCUT2D eigenvalue weighted by molar-refractivity contribution is 0.0769. The molecule has 4 heteroatoms. The van der Waals surface area contributed by atoms with Gasteiger partial charge in [0, 0.05) is 37.2 Å². The number of piperazine rings is 1. The Morgan fingerprint density at radius 1 is 1.16 bits per heavy atom. The topological polar surface area (TPSA) is 26.7 Å². The Labute approximate surface area is 123 Å². The van der Waals surface area contributed by atoms with Gasteiger partial charge in [0.2, 0.25) is 0 Å². The first-order valence-corrected chi connectivity index (χ1v) is 7.30. The van der Waals surface area contributed by atoms with E-state index in [4.69, 9.17) is 6.42 Å². The molecule has 19 heavy (non-hydrogen) atoms. The molecule has 1 atom stereocenters. The van der Waals surface area contributed by atoms with Gasteiger partial charge in [-0.1, -0.05) is 34.0 Å². The summed E-state index contributed by atoms with van der Waals surface area (Å²) in [4.78, 5) is 4.56. The minimum Gasteiger partial charge on any atom is -0.387 e. The quantitative estimate of drug-likeness (QED) is 0.855. The number of rotatable bonds is 4. The van der Waals surface area contributed by atoms with Crippen LogP contribution in [0, 0.1) is 12.3 Å². The molecule has 0 spiro atoms. The van der Waals surface area contributed by atoms with Gasteiger partial charge in [0.25, 0.3) is 0 Å². The van der Waals surface area contributed by atoms with Crippen LogP contribution in [0.5, 0.6) is 0 Å². The smallest absolute Gasteiger partial charge is 0.0916 e. The molecule has 0 bridgehead atoms. The fraction of sp³-hybridized carbons (Fsp3) is 0.467. The molecule has 1 aliphatic rings. The van der Waals surface area contributed by atoms with Crippen molar-refractivity contribution in [2.45, 2.75) is 6.10 Å². The summed E-state index contributed by atoms with van der Waals surface area (Å²) in [7, 11) is 0. The second kappa shape index (κ2) is 7.06. The average Bonchev–Trinajstić information content (AvgIpc) is 2.42. The number of hydrogen-bond acceptors (Lipinski definition) is 3. The molecule has 1 heterocycles. The largest absolute Gasteiger partial charge is 0.387 e. The Morgan fingerprint density at radius 2 is 1.74 bits per heavy atom. The maximum Gasteiger partial charge on any atom is 0.0916 e. The lowest BCUT2D eigenvalue weighted by Crippen LogP contribution is -2.47. The highest BCUT2D eigenvalue weighted by Crippen LogP contribution is 2.18. The van der Waals surface area contributed by atoms with Crippen LogP contribution < -0.4 is 0 Å². The van der Waals surface area contributed by atoms with Crippen molar-refractivity contribution in [3.05, 3.63) is 34.3 Å². The molecule has 0 radical (unpaired) electrons. The summed E-state index contributed by atoms with van der Waals surface area (Å²) in [6.45, 7) is 5.31. The Balaban J connectivity index is 1.82. The van der Waals surface area contributed by atoms with Gasteiger partial charge in [-0.2, -0.15) is 0 Å². The van der Waals surface area contributed by atoms with Crippen molar-refractivity contribution in [1.82, 2.24) is 9.80 Å². The second-order valence-corrected chi connectivity index (χ2v) is 5.76. The van der Waals surface area contributed by atoms with Crippen molar-refractivity contribution in [3.8, 4) is 12.3 Å². The fourth-order valence-corrected chi connectivity index (χ4v) is 2.56. The minimum absolute atomic E-state index is 0.424. The van der Waals surface area contributed by atoms with Gasteiger partial charge >= 0.3 is 0 Å². The standard InChI is InChI=1S/C15H19BrN2O/c1-2-7-17-8-10-18(11-9-17)12-15(19)13-3-5-14(16)6-4-13/h1,3-6,15,19H,7-12H2. The molecule has 2 rings (SSSR count). The van der Waals surface area contributed by atoms with Crippen molar-refractivity contribution >= 4 is 15.9 Å². The molecular formula is C15H19BrN2O. The number of aliphatic hydroxyl groups is 1. The molecule has 0 saturated carbocycles. The van der Waals surface area contributed by atoms with Crippen LogP contribution >= 0.6 is 15.9 Å². The van der Waals surface area contributed by atoms with E-state index in [0.717, 1.165) is 42.8 Å². The van der Waals surface area contributed by atoms with Crippen LogP contribution in [0.2, 0.25) is 0 Å². The van der Waals surface area contributed by atoms with Crippen molar-refractivity contribution < 1.29 is 5.11 Å². The van der Waals surface area contributed by atoms with Crippen LogP contribution in [0.15, 0.2) is 28.7 Å². The molecule has 1 unspecified atom stereocenters. The van der Waals surface area contributed by atoms with Crippen LogP contribution in [-0.4, -0.2) is 54.2 Å². The van der Waals surface area contributed by atoms with Crippen LogP contribution in [0.4, 0.5) is 0 Å². The van der Waals surface area contributed by atoms with Crippen molar-refractivity contribution in [2.75, 3.05) is 39.3 Å². The minimum atomic E-state index is -0.424. The zero-order chi connectivity index (χ0) is 13.7. The predicted molar refractivity (Wildman–Crippen MR) is 80.8 cm³/mol. The molecule has 3 nitrogen and oxygen atoms in total. The van der Waals surface area contributed by atoms with Crippen molar-refractivity contribution in [2.24, 2.45) is 0 Å². The zero-order valence-corrected chi connectivity index (χ0v) is 12.5. The summed E-state index contributed by atoms with van der Waals surface area (Å²) in [5.74, 6) is 2.68. The summed E-state index contributed by atoms with van der Waals surface area (Å²) in [6, 6.07) is 7.85. The lowest BCUT2D eigenvalue weighted by atomic mass is 10.1. The molecule has 1 N–H and O–H groups in total. The highest BCUT2D eigenvalue weighted by atomic mass is 79.9. The van der Waals surface area contributed by atoms with E-state index in [1.54, 1.807) is 0 Å². The van der Waals surface area contributed by atoms with E-state index >= 15 is 0 Å². The summed E-state index contributed by atoms with van der Waals surface area (Å²) in [5.41, 5.74) is 0.967. The molecular weight excluding hydrogens is 304 g/mol. The third-order valence-corrected chi connectivity index (χ3v) is 3.99. The molecule has 102 valence electrons. The maximum atomic E-state index is 10.2. The Kier molecular flexibility index (Phi) is 5.41. The van der Waals surface area contributed by atoms with E-state index in [-0.39, 0.29) is 0 Å². The molecule has 1 aliphatic heterocycles. The highest BCUT2D eigenvalue weighted by molar-refractivity contribution is 9.10. The molecule has 0 aromatic heterocycles. The first-order valence-electron chi connectivity index (χ1n) is 6.51. The number of nitrogens with zero attached hydrogens (tertiary/aromatic N) is 2. The van der Waals surface area contributed by atoms with Crippen LogP contribution in [-0.2, 0) is 0 Å². The third kappa shape index (κ3) is 4.32. The normalized spacial score (nSPS) is 19.0. The molecule has 1 aromatic rings. The van der Waals surface area contributed by atoms with E-state index in [1.807, 2.05) is 24.3 Å². The van der Waals surface area contributed by atoms with Gasteiger partial charge in [0.1, 0.15) is 0 Å². The average molecular weight is 323 g/mol. The first-order chi connectivity index (χ1) is 9.19. The van der Waals surface area contributed by atoms with Gasteiger partial charge in [0.15, 0.2) is 0 Å². The van der Waals surface area contributed by atoms with Crippen molar-refractivity contribution in [1.29, 1.82) is 0 Å². The first kappa shape index (κ1) is 14.5. The number of hydrogen-bond donors (Lipinski definition) is 1. The van der Waals surface area contributed by atoms with Crippen LogP contribution in [0.3, 0.4) is 0 Å². The number of benzene rings is 1. The zero-order valence-electron chi connectivity index (χ0n) is 10.9. The molecule has 1 aromatic carbocycles. The van der Waals surface area contributed by atoms with Crippen molar-refractivity contribution in [3.63, 3.8) is 0 Å². The summed E-state index contributed by atoms with van der Waals surface area (Å²) < 4.78 is 1.03. The highest BCUT2D eigenvalue weighted by Gasteiger charge is 2.19. The van der Waals surface area contributed by atoms with Crippen LogP contribution in [0.1, 0.15) is 11.7 Å². The van der Waals surface area contributed by atoms with E-state index < -0.39 is 6.10 Å². The molecule has 0 aliphatic carbocycles. The number of halogens is 1. The van der Waals surface area contributed by atoms with E-state index in [2.05, 4.69) is 31.7 Å². The van der Waals surface area contributed by atoms with Crippen LogP contribution in [0.25, 0.3) is 0 Å². The molecule has 0 amide bonds. The molecule has 1 saturated heterocycles. The van der Waals surface area contributed by atoms with Gasteiger partial charge < -0.3 is 5.11 Å². The Morgan fingerprint density at radius 3 is 2.32 bits per heavy atom. The van der Waals surface area contributed by atoms with E-state index in [0.29, 0.717) is 6.54 Å². The Hall–Kier alpha value is -0.860. The SMILES string of the molecule is C#CCN1CCN(CC(O)c2ccc(Br)cc2)CC1. The van der Waals surface area contributed by atoms with Gasteiger partial charge in [-0.25, -0.2) is 0 Å². The monoisotopic (exact) mass is 322 g/mol. The van der Waals surface area contributed by atoms with E-state index in [1.165, 1.54) is 0 Å². The summed E-state index contributed by atoms with van der Waals surface area (Å²) in [5, 5.41) is 10.2. The Bertz CT molecular complexity index is 432. The fourth-order valence-electron chi connectivity index (χ4n) is 2.29. The van der Waals surface area contributed by atoms with Gasteiger partial charge in [-0.05, 0) is 17.7 Å². The van der Waals surface area contributed by atoms with Gasteiger partial charge in [-0.15, -0.1) is 6.42 Å². The number of β-amino-alcohol motifs (C(OH)–C–C–N with tert-alkyl or cyclic N) is 1. The van der Waals surface area contributed by atoms with Gasteiger partial charge in [-0.3, -0.25) is 9.80 Å². The predicted octanol–water partition coefficient (Wildman–Crippen LogP) is 1.73.